The minimum atomic E-state index is -0.553. The van der Waals surface area contributed by atoms with Crippen LogP contribution in [0.1, 0.15) is 11.1 Å². The predicted molar refractivity (Wildman–Crippen MR) is 128 cm³/mol. The highest BCUT2D eigenvalue weighted by Gasteiger charge is 2.20. The van der Waals surface area contributed by atoms with Gasteiger partial charge in [-0.05, 0) is 18.2 Å². The molecule has 9 heteroatoms. The van der Waals surface area contributed by atoms with Crippen LogP contribution in [0.15, 0.2) is 30.4 Å². The van der Waals surface area contributed by atoms with E-state index in [2.05, 4.69) is 0 Å². The van der Waals surface area contributed by atoms with Crippen LogP contribution in [-0.2, 0) is 9.53 Å². The molecule has 34 heavy (non-hydrogen) atoms. The molecule has 0 unspecified atom stereocenters. The van der Waals surface area contributed by atoms with E-state index >= 15 is 0 Å². The lowest BCUT2D eigenvalue weighted by atomic mass is 10.1. The van der Waals surface area contributed by atoms with E-state index in [0.29, 0.717) is 45.8 Å². The number of methoxy groups -OCH3 is 7. The smallest absolute Gasteiger partial charge is 0.331 e. The van der Waals surface area contributed by atoms with Gasteiger partial charge in [0.05, 0.1) is 55.3 Å². The lowest BCUT2D eigenvalue weighted by Crippen LogP contribution is -2.02. The van der Waals surface area contributed by atoms with Crippen molar-refractivity contribution in [3.63, 3.8) is 0 Å². The van der Waals surface area contributed by atoms with Gasteiger partial charge in [0.1, 0.15) is 18.1 Å². The van der Waals surface area contributed by atoms with Crippen LogP contribution in [0.2, 0.25) is 0 Å². The molecule has 0 bridgehead atoms. The maximum Gasteiger partial charge on any atom is 0.331 e. The molecule has 0 aliphatic heterocycles. The maximum atomic E-state index is 12.3. The standard InChI is InChI=1S/C25H30O9/c1-27-18-14-21(30-4)20(29-3)13-16(18)9-8-12-34-23(26)11-10-17-19(28-2)15-22(31-5)25(33-7)24(17)32-6/h8-11,13-15H,12H2,1-7H3/b9-8+,11-10+. The first-order valence-electron chi connectivity index (χ1n) is 10.2. The van der Waals surface area contributed by atoms with E-state index in [9.17, 15) is 4.79 Å². The summed E-state index contributed by atoms with van der Waals surface area (Å²) < 4.78 is 42.8. The SMILES string of the molecule is COc1cc(OC)c(OC)cc1/C=C/COC(=O)/C=C/c1c(OC)cc(OC)c(OC)c1OC. The molecular formula is C25H30O9. The fourth-order valence-electron chi connectivity index (χ4n) is 3.17. The van der Waals surface area contributed by atoms with Crippen LogP contribution in [0.3, 0.4) is 0 Å². The van der Waals surface area contributed by atoms with E-state index < -0.39 is 5.97 Å². The highest BCUT2D eigenvalue weighted by molar-refractivity contribution is 5.89. The molecule has 0 aliphatic carbocycles. The third kappa shape index (κ3) is 6.06. The second-order valence-corrected chi connectivity index (χ2v) is 6.58. The Morgan fingerprint density at radius 3 is 1.76 bits per heavy atom. The van der Waals surface area contributed by atoms with Crippen molar-refractivity contribution in [2.75, 3.05) is 56.4 Å². The first kappa shape index (κ1) is 26.2. The quantitative estimate of drug-likeness (QED) is 0.334. The summed E-state index contributed by atoms with van der Waals surface area (Å²) in [6, 6.07) is 5.13. The van der Waals surface area contributed by atoms with Crippen molar-refractivity contribution in [1.82, 2.24) is 0 Å². The number of rotatable bonds is 12. The van der Waals surface area contributed by atoms with Crippen LogP contribution in [0.25, 0.3) is 12.2 Å². The van der Waals surface area contributed by atoms with E-state index in [1.54, 1.807) is 51.7 Å². The van der Waals surface area contributed by atoms with Gasteiger partial charge >= 0.3 is 5.97 Å². The zero-order valence-electron chi connectivity index (χ0n) is 20.4. The lowest BCUT2D eigenvalue weighted by molar-refractivity contribution is -0.136. The number of carbonyl (C=O) groups is 1. The van der Waals surface area contributed by atoms with Gasteiger partial charge in [0.15, 0.2) is 23.0 Å². The zero-order valence-corrected chi connectivity index (χ0v) is 20.4. The van der Waals surface area contributed by atoms with E-state index in [1.807, 2.05) is 0 Å². The van der Waals surface area contributed by atoms with Gasteiger partial charge in [-0.2, -0.15) is 0 Å². The van der Waals surface area contributed by atoms with E-state index in [1.165, 1.54) is 40.6 Å². The number of carbonyl (C=O) groups excluding carboxylic acids is 1. The summed E-state index contributed by atoms with van der Waals surface area (Å²) in [5.41, 5.74) is 1.25. The van der Waals surface area contributed by atoms with Gasteiger partial charge in [-0.25, -0.2) is 4.79 Å². The normalized spacial score (nSPS) is 10.8. The minimum absolute atomic E-state index is 0.0425. The van der Waals surface area contributed by atoms with Crippen LogP contribution in [0, 0.1) is 0 Å². The Kier molecular flexibility index (Phi) is 9.94. The molecule has 0 atom stereocenters. The average Bonchev–Trinajstić information content (AvgIpc) is 2.87. The molecule has 184 valence electrons. The Morgan fingerprint density at radius 1 is 0.647 bits per heavy atom. The molecule has 0 fully saturated rings. The van der Waals surface area contributed by atoms with Crippen LogP contribution < -0.4 is 33.2 Å². The molecule has 2 rings (SSSR count). The second-order valence-electron chi connectivity index (χ2n) is 6.58. The van der Waals surface area contributed by atoms with Crippen molar-refractivity contribution >= 4 is 18.1 Å². The van der Waals surface area contributed by atoms with Crippen molar-refractivity contribution in [2.45, 2.75) is 0 Å². The molecule has 0 aliphatic rings. The zero-order chi connectivity index (χ0) is 25.1. The van der Waals surface area contributed by atoms with E-state index in [0.717, 1.165) is 5.56 Å². The molecule has 0 aromatic heterocycles. The molecule has 2 aromatic rings. The topological polar surface area (TPSA) is 90.9 Å². The molecular weight excluding hydrogens is 444 g/mol. The van der Waals surface area contributed by atoms with Crippen LogP contribution in [0.4, 0.5) is 0 Å². The monoisotopic (exact) mass is 474 g/mol. The molecule has 0 heterocycles. The molecule has 2 aromatic carbocycles. The third-order valence-electron chi connectivity index (χ3n) is 4.79. The van der Waals surface area contributed by atoms with Gasteiger partial charge in [-0.15, -0.1) is 0 Å². The van der Waals surface area contributed by atoms with Crippen LogP contribution in [-0.4, -0.2) is 62.3 Å². The molecule has 0 radical (unpaired) electrons. The largest absolute Gasteiger partial charge is 0.496 e. The summed E-state index contributed by atoms with van der Waals surface area (Å²) in [5, 5.41) is 0. The average molecular weight is 475 g/mol. The predicted octanol–water partition coefficient (Wildman–Crippen LogP) is 4.02. The van der Waals surface area contributed by atoms with E-state index in [-0.39, 0.29) is 6.61 Å². The molecule has 0 amide bonds. The highest BCUT2D eigenvalue weighted by atomic mass is 16.5. The van der Waals surface area contributed by atoms with Crippen molar-refractivity contribution < 1.29 is 42.7 Å². The van der Waals surface area contributed by atoms with Gasteiger partial charge in [0.25, 0.3) is 0 Å². The number of hydrogen-bond donors (Lipinski definition) is 0. The molecule has 0 N–H and O–H groups in total. The fraction of sp³-hybridized carbons (Fsp3) is 0.320. The third-order valence-corrected chi connectivity index (χ3v) is 4.79. The Morgan fingerprint density at radius 2 is 1.21 bits per heavy atom. The summed E-state index contributed by atoms with van der Waals surface area (Å²) in [6.45, 7) is 0.0425. The summed E-state index contributed by atoms with van der Waals surface area (Å²) in [4.78, 5) is 12.3. The molecule has 0 spiro atoms. The Hall–Kier alpha value is -4.01. The Bertz CT molecular complexity index is 1040. The van der Waals surface area contributed by atoms with Crippen LogP contribution in [0.5, 0.6) is 40.2 Å². The first-order valence-corrected chi connectivity index (χ1v) is 10.2. The molecule has 9 nitrogen and oxygen atoms in total. The fourth-order valence-corrected chi connectivity index (χ4v) is 3.17. The van der Waals surface area contributed by atoms with Gasteiger partial charge in [-0.1, -0.05) is 6.08 Å². The van der Waals surface area contributed by atoms with Gasteiger partial charge in [0.2, 0.25) is 5.75 Å². The number of hydrogen-bond acceptors (Lipinski definition) is 9. The molecule has 0 saturated heterocycles. The lowest BCUT2D eigenvalue weighted by Gasteiger charge is -2.17. The summed E-state index contributed by atoms with van der Waals surface area (Å²) in [7, 11) is 10.6. The number of ether oxygens (including phenoxy) is 8. The Balaban J connectivity index is 2.15. The van der Waals surface area contributed by atoms with Crippen molar-refractivity contribution in [2.24, 2.45) is 0 Å². The first-order chi connectivity index (χ1) is 16.5. The molecule has 0 saturated carbocycles. The maximum absolute atomic E-state index is 12.3. The van der Waals surface area contributed by atoms with Crippen molar-refractivity contribution in [1.29, 1.82) is 0 Å². The second kappa shape index (κ2) is 12.9. The highest BCUT2D eigenvalue weighted by Crippen LogP contribution is 2.45. The summed E-state index contributed by atoms with van der Waals surface area (Å²) in [5.74, 6) is 2.77. The summed E-state index contributed by atoms with van der Waals surface area (Å²) >= 11 is 0. The van der Waals surface area contributed by atoms with Crippen molar-refractivity contribution in [3.05, 3.63) is 41.5 Å². The minimum Gasteiger partial charge on any atom is -0.496 e. The Labute approximate surface area is 199 Å². The summed E-state index contributed by atoms with van der Waals surface area (Å²) in [6.07, 6.45) is 6.26. The van der Waals surface area contributed by atoms with Gasteiger partial charge < -0.3 is 37.9 Å². The number of esters is 1. The van der Waals surface area contributed by atoms with Crippen molar-refractivity contribution in [3.8, 4) is 40.2 Å². The van der Waals surface area contributed by atoms with Crippen LogP contribution >= 0.6 is 0 Å². The van der Waals surface area contributed by atoms with E-state index in [4.69, 9.17) is 37.9 Å². The number of benzene rings is 2. The van der Waals surface area contributed by atoms with Gasteiger partial charge in [-0.3, -0.25) is 0 Å². The van der Waals surface area contributed by atoms with Gasteiger partial charge in [0, 0.05) is 23.8 Å².